The van der Waals surface area contributed by atoms with E-state index in [4.69, 9.17) is 0 Å². The summed E-state index contributed by atoms with van der Waals surface area (Å²) in [6.07, 6.45) is 0.785. The van der Waals surface area contributed by atoms with E-state index in [9.17, 15) is 9.59 Å². The smallest absolute Gasteiger partial charge is 0.272 e. The standard InChI is InChI=1S/C18H21N3O2S3/c1-3-20(4-2)15(22)12-26-18-19-14-8-11-25-16(14)17(23)21(18)9-7-13-6-5-10-24-13/h5-6,8,10-11H,3-4,7,9,12H2,1-2H3. The average molecular weight is 408 g/mol. The second kappa shape index (κ2) is 8.83. The Kier molecular flexibility index (Phi) is 6.50. The lowest BCUT2D eigenvalue weighted by atomic mass is 10.3. The molecule has 0 atom stereocenters. The van der Waals surface area contributed by atoms with Crippen LogP contribution in [-0.2, 0) is 17.8 Å². The van der Waals surface area contributed by atoms with Crippen molar-refractivity contribution in [3.8, 4) is 0 Å². The van der Waals surface area contributed by atoms with Crippen molar-refractivity contribution in [2.45, 2.75) is 32.0 Å². The SMILES string of the molecule is CCN(CC)C(=O)CSc1nc2ccsc2c(=O)n1CCc1cccs1. The fourth-order valence-electron chi connectivity index (χ4n) is 2.70. The highest BCUT2D eigenvalue weighted by atomic mass is 32.2. The zero-order valence-electron chi connectivity index (χ0n) is 14.8. The summed E-state index contributed by atoms with van der Waals surface area (Å²) in [5, 5.41) is 4.55. The number of aromatic nitrogens is 2. The summed E-state index contributed by atoms with van der Waals surface area (Å²) in [6.45, 7) is 5.90. The van der Waals surface area contributed by atoms with Crippen LogP contribution in [0.25, 0.3) is 10.2 Å². The van der Waals surface area contributed by atoms with Crippen molar-refractivity contribution in [3.05, 3.63) is 44.2 Å². The number of thioether (sulfide) groups is 1. The van der Waals surface area contributed by atoms with Gasteiger partial charge in [-0.3, -0.25) is 14.2 Å². The number of hydrogen-bond acceptors (Lipinski definition) is 6. The Hall–Kier alpha value is -1.64. The number of aryl methyl sites for hydroxylation is 1. The third-order valence-electron chi connectivity index (χ3n) is 4.13. The van der Waals surface area contributed by atoms with Crippen LogP contribution in [0.1, 0.15) is 18.7 Å². The molecule has 0 unspecified atom stereocenters. The summed E-state index contributed by atoms with van der Waals surface area (Å²) in [7, 11) is 0. The van der Waals surface area contributed by atoms with Crippen molar-refractivity contribution in [1.29, 1.82) is 0 Å². The first-order valence-corrected chi connectivity index (χ1v) is 11.3. The zero-order chi connectivity index (χ0) is 18.5. The lowest BCUT2D eigenvalue weighted by Gasteiger charge is -2.18. The molecule has 0 aliphatic rings. The van der Waals surface area contributed by atoms with Crippen LogP contribution in [0, 0.1) is 0 Å². The summed E-state index contributed by atoms with van der Waals surface area (Å²) in [4.78, 5) is 32.9. The van der Waals surface area contributed by atoms with E-state index in [-0.39, 0.29) is 11.5 Å². The maximum absolute atomic E-state index is 12.9. The van der Waals surface area contributed by atoms with Gasteiger partial charge in [0.15, 0.2) is 5.16 Å². The fourth-order valence-corrected chi connectivity index (χ4v) is 5.11. The van der Waals surface area contributed by atoms with Crippen LogP contribution < -0.4 is 5.56 Å². The number of fused-ring (bicyclic) bond motifs is 1. The first-order valence-electron chi connectivity index (χ1n) is 8.55. The molecule has 3 aromatic heterocycles. The molecule has 26 heavy (non-hydrogen) atoms. The molecule has 8 heteroatoms. The third-order valence-corrected chi connectivity index (χ3v) is 6.92. The van der Waals surface area contributed by atoms with Crippen molar-refractivity contribution in [1.82, 2.24) is 14.5 Å². The van der Waals surface area contributed by atoms with Gasteiger partial charge in [0.05, 0.1) is 11.3 Å². The van der Waals surface area contributed by atoms with Crippen molar-refractivity contribution in [2.75, 3.05) is 18.8 Å². The minimum absolute atomic E-state index is 0.0145. The van der Waals surface area contributed by atoms with Gasteiger partial charge in [0, 0.05) is 24.5 Å². The van der Waals surface area contributed by atoms with Crippen molar-refractivity contribution >= 4 is 50.6 Å². The minimum Gasteiger partial charge on any atom is -0.343 e. The highest BCUT2D eigenvalue weighted by Gasteiger charge is 2.16. The maximum atomic E-state index is 12.9. The van der Waals surface area contributed by atoms with Gasteiger partial charge in [-0.2, -0.15) is 0 Å². The minimum atomic E-state index is -0.0145. The van der Waals surface area contributed by atoms with Gasteiger partial charge in [-0.15, -0.1) is 22.7 Å². The Morgan fingerprint density at radius 3 is 2.73 bits per heavy atom. The molecular weight excluding hydrogens is 386 g/mol. The van der Waals surface area contributed by atoms with E-state index < -0.39 is 0 Å². The van der Waals surface area contributed by atoms with E-state index in [1.807, 2.05) is 36.7 Å². The Morgan fingerprint density at radius 1 is 1.23 bits per heavy atom. The maximum Gasteiger partial charge on any atom is 0.272 e. The molecule has 0 radical (unpaired) electrons. The number of thiophene rings is 2. The van der Waals surface area contributed by atoms with Crippen molar-refractivity contribution in [3.63, 3.8) is 0 Å². The lowest BCUT2D eigenvalue weighted by Crippen LogP contribution is -2.32. The summed E-state index contributed by atoms with van der Waals surface area (Å²) in [5.74, 6) is 0.368. The van der Waals surface area contributed by atoms with Crippen LogP contribution >= 0.6 is 34.4 Å². The Labute approximate surface area is 164 Å². The van der Waals surface area contributed by atoms with Crippen molar-refractivity contribution in [2.24, 2.45) is 0 Å². The van der Waals surface area contributed by atoms with Gasteiger partial charge in [0.25, 0.3) is 5.56 Å². The zero-order valence-corrected chi connectivity index (χ0v) is 17.3. The molecular formula is C18H21N3O2S3. The van der Waals surface area contributed by atoms with Crippen LogP contribution in [0.15, 0.2) is 38.9 Å². The van der Waals surface area contributed by atoms with E-state index >= 15 is 0 Å². The lowest BCUT2D eigenvalue weighted by molar-refractivity contribution is -0.127. The van der Waals surface area contributed by atoms with Gasteiger partial charge < -0.3 is 4.90 Å². The van der Waals surface area contributed by atoms with E-state index in [1.54, 1.807) is 20.8 Å². The van der Waals surface area contributed by atoms with Gasteiger partial charge >= 0.3 is 0 Å². The summed E-state index contributed by atoms with van der Waals surface area (Å²) >= 11 is 4.46. The molecule has 3 rings (SSSR count). The van der Waals surface area contributed by atoms with Gasteiger partial charge in [-0.25, -0.2) is 4.98 Å². The first kappa shape index (κ1) is 19.1. The fraction of sp³-hybridized carbons (Fsp3) is 0.389. The highest BCUT2D eigenvalue weighted by molar-refractivity contribution is 7.99. The Morgan fingerprint density at radius 2 is 2.04 bits per heavy atom. The van der Waals surface area contributed by atoms with Gasteiger partial charge in [0.1, 0.15) is 4.70 Å². The molecule has 0 spiro atoms. The molecule has 1 amide bonds. The molecule has 0 aliphatic heterocycles. The molecule has 0 N–H and O–H groups in total. The van der Waals surface area contributed by atoms with Gasteiger partial charge in [-0.1, -0.05) is 17.8 Å². The van der Waals surface area contributed by atoms with Gasteiger partial charge in [0.2, 0.25) is 5.91 Å². The monoisotopic (exact) mass is 407 g/mol. The molecule has 5 nitrogen and oxygen atoms in total. The number of amides is 1. The largest absolute Gasteiger partial charge is 0.343 e. The molecule has 3 heterocycles. The van der Waals surface area contributed by atoms with E-state index in [2.05, 4.69) is 11.1 Å². The van der Waals surface area contributed by atoms with E-state index in [1.165, 1.54) is 28.0 Å². The van der Waals surface area contributed by atoms with Crippen LogP contribution in [0.4, 0.5) is 0 Å². The molecule has 0 aliphatic carbocycles. The van der Waals surface area contributed by atoms with Crippen LogP contribution in [0.2, 0.25) is 0 Å². The second-order valence-corrected chi connectivity index (χ2v) is 8.56. The molecule has 0 saturated carbocycles. The topological polar surface area (TPSA) is 55.2 Å². The number of nitrogens with zero attached hydrogens (tertiary/aromatic N) is 3. The number of carbonyl (C=O) groups excluding carboxylic acids is 1. The Balaban J connectivity index is 1.85. The molecule has 0 fully saturated rings. The molecule has 138 valence electrons. The average Bonchev–Trinajstić information content (AvgIpc) is 3.32. The van der Waals surface area contributed by atoms with E-state index in [0.717, 1.165) is 6.42 Å². The number of carbonyl (C=O) groups is 1. The summed E-state index contributed by atoms with van der Waals surface area (Å²) < 4.78 is 2.40. The summed E-state index contributed by atoms with van der Waals surface area (Å²) in [5.41, 5.74) is 0.699. The van der Waals surface area contributed by atoms with Crippen molar-refractivity contribution < 1.29 is 4.79 Å². The third kappa shape index (κ3) is 4.19. The van der Waals surface area contributed by atoms with Crippen LogP contribution in [-0.4, -0.2) is 39.2 Å². The van der Waals surface area contributed by atoms with Gasteiger partial charge in [-0.05, 0) is 43.2 Å². The normalized spacial score (nSPS) is 11.2. The molecule has 3 aromatic rings. The predicted octanol–water partition coefficient (Wildman–Crippen LogP) is 3.72. The number of rotatable bonds is 8. The second-order valence-electron chi connectivity index (χ2n) is 5.67. The molecule has 0 bridgehead atoms. The quantitative estimate of drug-likeness (QED) is 0.422. The predicted molar refractivity (Wildman–Crippen MR) is 111 cm³/mol. The van der Waals surface area contributed by atoms with Crippen LogP contribution in [0.5, 0.6) is 0 Å². The molecule has 0 saturated heterocycles. The highest BCUT2D eigenvalue weighted by Crippen LogP contribution is 2.22. The Bertz CT molecular complexity index is 927. The molecule has 0 aromatic carbocycles. The van der Waals surface area contributed by atoms with Crippen LogP contribution in [0.3, 0.4) is 0 Å². The first-order chi connectivity index (χ1) is 12.6. The number of hydrogen-bond donors (Lipinski definition) is 0. The summed E-state index contributed by atoms with van der Waals surface area (Å²) in [6, 6.07) is 5.95. The van der Waals surface area contributed by atoms with E-state index in [0.29, 0.717) is 40.8 Å².